The van der Waals surface area contributed by atoms with Crippen LogP contribution in [0.2, 0.25) is 0 Å². The molecular weight excluding hydrogens is 270 g/mol. The fourth-order valence-electron chi connectivity index (χ4n) is 0.872. The summed E-state index contributed by atoms with van der Waals surface area (Å²) in [6.07, 6.45) is 3.98. The molecule has 13 heavy (non-hydrogen) atoms. The number of rotatable bonds is 5. The zero-order valence-electron chi connectivity index (χ0n) is 7.09. The molecule has 0 saturated carbocycles. The van der Waals surface area contributed by atoms with Crippen molar-refractivity contribution in [3.63, 3.8) is 0 Å². The van der Waals surface area contributed by atoms with Gasteiger partial charge in [0.05, 0.1) is 3.79 Å². The lowest BCUT2D eigenvalue weighted by molar-refractivity contribution is 0.769. The van der Waals surface area contributed by atoms with Crippen molar-refractivity contribution in [1.29, 1.82) is 0 Å². The average molecular weight is 281 g/mol. The monoisotopic (exact) mass is 279 g/mol. The first kappa shape index (κ1) is 11.2. The minimum atomic E-state index is 0.590. The minimum absolute atomic E-state index is 0.590. The zero-order chi connectivity index (χ0) is 9.52. The van der Waals surface area contributed by atoms with Crippen LogP contribution in [0.3, 0.4) is 0 Å². The van der Waals surface area contributed by atoms with Crippen molar-refractivity contribution in [2.45, 2.75) is 6.54 Å². The van der Waals surface area contributed by atoms with E-state index in [1.54, 1.807) is 11.3 Å². The van der Waals surface area contributed by atoms with E-state index < -0.39 is 0 Å². The molecule has 4 heteroatoms. The van der Waals surface area contributed by atoms with Gasteiger partial charge in [-0.2, -0.15) is 0 Å². The molecule has 0 amide bonds. The molecule has 0 atom stereocenters. The van der Waals surface area contributed by atoms with Gasteiger partial charge in [0.1, 0.15) is 0 Å². The van der Waals surface area contributed by atoms with E-state index in [9.17, 15) is 0 Å². The highest BCUT2D eigenvalue weighted by atomic mass is 79.9. The maximum atomic E-state index is 5.48. The van der Waals surface area contributed by atoms with Gasteiger partial charge >= 0.3 is 0 Å². The molecule has 1 nitrogen and oxygen atoms in total. The van der Waals surface area contributed by atoms with Gasteiger partial charge < -0.3 is 5.32 Å². The molecule has 0 aliphatic heterocycles. The highest BCUT2D eigenvalue weighted by Crippen LogP contribution is 2.21. The highest BCUT2D eigenvalue weighted by molar-refractivity contribution is 9.11. The van der Waals surface area contributed by atoms with Gasteiger partial charge in [0.2, 0.25) is 0 Å². The van der Waals surface area contributed by atoms with Crippen molar-refractivity contribution in [3.8, 4) is 0 Å². The van der Waals surface area contributed by atoms with Crippen LogP contribution in [0.15, 0.2) is 28.1 Å². The van der Waals surface area contributed by atoms with E-state index in [1.165, 1.54) is 8.66 Å². The largest absolute Gasteiger partial charge is 0.308 e. The predicted molar refractivity (Wildman–Crippen MR) is 63.6 cm³/mol. The maximum absolute atomic E-state index is 5.48. The molecule has 72 valence electrons. The second kappa shape index (κ2) is 6.60. The normalized spacial score (nSPS) is 11.2. The van der Waals surface area contributed by atoms with Crippen LogP contribution in [0.1, 0.15) is 4.88 Å². The van der Waals surface area contributed by atoms with E-state index in [4.69, 9.17) is 11.6 Å². The quantitative estimate of drug-likeness (QED) is 0.495. The Kier molecular flexibility index (Phi) is 5.71. The van der Waals surface area contributed by atoms with Gasteiger partial charge in [0, 0.05) is 23.8 Å². The van der Waals surface area contributed by atoms with Crippen LogP contribution in [-0.4, -0.2) is 12.4 Å². The molecule has 0 saturated heterocycles. The van der Waals surface area contributed by atoms with Crippen LogP contribution in [0.4, 0.5) is 0 Å². The van der Waals surface area contributed by atoms with Crippen molar-refractivity contribution >= 4 is 38.9 Å². The molecule has 0 aliphatic rings. The standard InChI is InChI=1S/C9H11BrClNS/c10-9-4-3-8(13-9)7-12-6-2-1-5-11/h1-4,12H,5-7H2/b2-1+. The van der Waals surface area contributed by atoms with Gasteiger partial charge in [0.25, 0.3) is 0 Å². The van der Waals surface area contributed by atoms with Gasteiger partial charge in [-0.15, -0.1) is 22.9 Å². The fourth-order valence-corrected chi connectivity index (χ4v) is 2.45. The third-order valence-electron chi connectivity index (χ3n) is 1.45. The summed E-state index contributed by atoms with van der Waals surface area (Å²) in [6, 6.07) is 4.18. The smallest absolute Gasteiger partial charge is 0.0701 e. The number of halogens is 2. The Balaban J connectivity index is 2.16. The van der Waals surface area contributed by atoms with Crippen molar-refractivity contribution in [2.75, 3.05) is 12.4 Å². The Bertz CT molecular complexity index is 272. The summed E-state index contributed by atoms with van der Waals surface area (Å²) in [5.41, 5.74) is 0. The van der Waals surface area contributed by atoms with E-state index in [0.29, 0.717) is 5.88 Å². The van der Waals surface area contributed by atoms with Crippen LogP contribution in [-0.2, 0) is 6.54 Å². The third kappa shape index (κ3) is 4.81. The second-order valence-electron chi connectivity index (χ2n) is 2.46. The number of hydrogen-bond donors (Lipinski definition) is 1. The van der Waals surface area contributed by atoms with Crippen molar-refractivity contribution < 1.29 is 0 Å². The summed E-state index contributed by atoms with van der Waals surface area (Å²) < 4.78 is 1.18. The van der Waals surface area contributed by atoms with Gasteiger partial charge in [-0.3, -0.25) is 0 Å². The number of allylic oxidation sites excluding steroid dienone is 1. The lowest BCUT2D eigenvalue weighted by Gasteiger charge is -1.96. The van der Waals surface area contributed by atoms with Crippen LogP contribution >= 0.6 is 38.9 Å². The summed E-state index contributed by atoms with van der Waals surface area (Å²) in [7, 11) is 0. The predicted octanol–water partition coefficient (Wildman–Crippen LogP) is 3.40. The summed E-state index contributed by atoms with van der Waals surface area (Å²) in [6.45, 7) is 1.80. The minimum Gasteiger partial charge on any atom is -0.308 e. The Morgan fingerprint density at radius 2 is 2.31 bits per heavy atom. The molecule has 0 spiro atoms. The SMILES string of the molecule is ClC/C=C/CNCc1ccc(Br)s1. The highest BCUT2D eigenvalue weighted by Gasteiger charge is 1.94. The van der Waals surface area contributed by atoms with Crippen molar-refractivity contribution in [1.82, 2.24) is 5.32 Å². The van der Waals surface area contributed by atoms with Crippen LogP contribution in [0.25, 0.3) is 0 Å². The first-order chi connectivity index (χ1) is 6.33. The zero-order valence-corrected chi connectivity index (χ0v) is 10.3. The maximum Gasteiger partial charge on any atom is 0.0701 e. The first-order valence-corrected chi connectivity index (χ1v) is 6.13. The average Bonchev–Trinajstić information content (AvgIpc) is 2.51. The summed E-state index contributed by atoms with van der Waals surface area (Å²) in [5.74, 6) is 0.590. The van der Waals surface area contributed by atoms with Crippen LogP contribution < -0.4 is 5.32 Å². The second-order valence-corrected chi connectivity index (χ2v) is 5.32. The van der Waals surface area contributed by atoms with Gasteiger partial charge in [0.15, 0.2) is 0 Å². The molecule has 0 fully saturated rings. The molecule has 0 bridgehead atoms. The lowest BCUT2D eigenvalue weighted by Crippen LogP contribution is -2.11. The number of hydrogen-bond acceptors (Lipinski definition) is 2. The molecule has 0 radical (unpaired) electrons. The van der Waals surface area contributed by atoms with Crippen molar-refractivity contribution in [2.24, 2.45) is 0 Å². The first-order valence-electron chi connectivity index (χ1n) is 3.99. The van der Waals surface area contributed by atoms with Gasteiger partial charge in [-0.1, -0.05) is 12.2 Å². The van der Waals surface area contributed by atoms with Crippen LogP contribution in [0.5, 0.6) is 0 Å². The topological polar surface area (TPSA) is 12.0 Å². The van der Waals surface area contributed by atoms with Gasteiger partial charge in [-0.05, 0) is 28.1 Å². The Hall–Kier alpha value is 0.170. The van der Waals surface area contributed by atoms with E-state index in [1.807, 2.05) is 12.2 Å². The number of alkyl halides is 1. The molecule has 1 rings (SSSR count). The van der Waals surface area contributed by atoms with Gasteiger partial charge in [-0.25, -0.2) is 0 Å². The van der Waals surface area contributed by atoms with E-state index >= 15 is 0 Å². The summed E-state index contributed by atoms with van der Waals surface area (Å²) in [4.78, 5) is 1.34. The van der Waals surface area contributed by atoms with Crippen molar-refractivity contribution in [3.05, 3.63) is 32.9 Å². The van der Waals surface area contributed by atoms with Crippen LogP contribution in [0, 0.1) is 0 Å². The Labute approximate surface area is 95.9 Å². The fraction of sp³-hybridized carbons (Fsp3) is 0.333. The summed E-state index contributed by atoms with van der Waals surface area (Å²) in [5, 5.41) is 3.29. The molecule has 0 aliphatic carbocycles. The van der Waals surface area contributed by atoms with E-state index in [-0.39, 0.29) is 0 Å². The molecule has 1 heterocycles. The van der Waals surface area contributed by atoms with E-state index in [2.05, 4.69) is 33.4 Å². The molecule has 1 aromatic rings. The molecule has 0 aromatic carbocycles. The van der Waals surface area contributed by atoms with E-state index in [0.717, 1.165) is 13.1 Å². The lowest BCUT2D eigenvalue weighted by atomic mass is 10.4. The third-order valence-corrected chi connectivity index (χ3v) is 3.25. The number of nitrogens with one attached hydrogen (secondary N) is 1. The molecule has 1 N–H and O–H groups in total. The molecule has 1 aromatic heterocycles. The molecular formula is C9H11BrClNS. The number of thiophene rings is 1. The Morgan fingerprint density at radius 1 is 1.46 bits per heavy atom. The summed E-state index contributed by atoms with van der Waals surface area (Å²) >= 11 is 10.7. The Morgan fingerprint density at radius 3 is 2.92 bits per heavy atom. The molecule has 0 unspecified atom stereocenters.